The fraction of sp³-hybridized carbons (Fsp3) is 0.375. The monoisotopic (exact) mass is 320 g/mol. The minimum atomic E-state index is -0.579. The molecule has 2 N–H and O–H groups in total. The van der Waals surface area contributed by atoms with Gasteiger partial charge in [0, 0.05) is 12.8 Å². The minimum Gasteiger partial charge on any atom is -0.497 e. The van der Waals surface area contributed by atoms with Gasteiger partial charge in [-0.2, -0.15) is 0 Å². The predicted octanol–water partition coefficient (Wildman–Crippen LogP) is 1.51. The summed E-state index contributed by atoms with van der Waals surface area (Å²) in [6, 6.07) is 6.19. The van der Waals surface area contributed by atoms with Gasteiger partial charge < -0.3 is 24.8 Å². The summed E-state index contributed by atoms with van der Waals surface area (Å²) in [5.41, 5.74) is 1.60. The number of carbonyl (C=O) groups is 2. The lowest BCUT2D eigenvalue weighted by molar-refractivity contribution is -0.140. The summed E-state index contributed by atoms with van der Waals surface area (Å²) in [6.07, 6.45) is 0. The van der Waals surface area contributed by atoms with Crippen LogP contribution in [0.4, 0.5) is 4.79 Å². The quantitative estimate of drug-likeness (QED) is 0.613. The molecule has 0 saturated heterocycles. The first-order chi connectivity index (χ1) is 11.1. The Labute approximate surface area is 134 Å². The number of amides is 2. The van der Waals surface area contributed by atoms with Gasteiger partial charge in [-0.15, -0.1) is 0 Å². The lowest BCUT2D eigenvalue weighted by Crippen LogP contribution is -2.45. The van der Waals surface area contributed by atoms with Crippen molar-refractivity contribution >= 4 is 12.0 Å². The van der Waals surface area contributed by atoms with Crippen LogP contribution in [0.5, 0.6) is 5.75 Å². The first-order valence-corrected chi connectivity index (χ1v) is 7.15. The van der Waals surface area contributed by atoms with Gasteiger partial charge >= 0.3 is 12.0 Å². The lowest BCUT2D eigenvalue weighted by Gasteiger charge is -2.28. The van der Waals surface area contributed by atoms with Crippen LogP contribution < -0.4 is 15.4 Å². The number of hydrogen-bond acceptors (Lipinski definition) is 5. The topological polar surface area (TPSA) is 85.9 Å². The van der Waals surface area contributed by atoms with Crippen molar-refractivity contribution in [1.29, 1.82) is 0 Å². The summed E-state index contributed by atoms with van der Waals surface area (Å²) in [7, 11) is 3.10. The molecule has 0 bridgehead atoms. The van der Waals surface area contributed by atoms with Crippen molar-refractivity contribution in [2.75, 3.05) is 27.4 Å². The maximum absolute atomic E-state index is 12.3. The summed E-state index contributed by atoms with van der Waals surface area (Å²) >= 11 is 0. The Balaban J connectivity index is 2.27. The average molecular weight is 320 g/mol. The number of rotatable bonds is 6. The Morgan fingerprint density at radius 2 is 1.87 bits per heavy atom. The Morgan fingerprint density at radius 3 is 2.48 bits per heavy atom. The van der Waals surface area contributed by atoms with E-state index in [9.17, 15) is 9.59 Å². The van der Waals surface area contributed by atoms with E-state index in [2.05, 4.69) is 10.6 Å². The largest absolute Gasteiger partial charge is 0.497 e. The zero-order valence-electron chi connectivity index (χ0n) is 13.3. The number of hydrogen-bond donors (Lipinski definition) is 2. The molecular weight excluding hydrogens is 300 g/mol. The highest BCUT2D eigenvalue weighted by Crippen LogP contribution is 2.28. The smallest absolute Gasteiger partial charge is 0.338 e. The van der Waals surface area contributed by atoms with E-state index in [4.69, 9.17) is 14.2 Å². The number of urea groups is 1. The number of ether oxygens (including phenoxy) is 3. The predicted molar refractivity (Wildman–Crippen MR) is 82.9 cm³/mol. The van der Waals surface area contributed by atoms with Crippen molar-refractivity contribution < 1.29 is 23.8 Å². The van der Waals surface area contributed by atoms with Gasteiger partial charge in [-0.3, -0.25) is 0 Å². The van der Waals surface area contributed by atoms with Crippen LogP contribution in [0.1, 0.15) is 18.5 Å². The molecule has 0 aliphatic carbocycles. The third-order valence-corrected chi connectivity index (χ3v) is 3.46. The molecule has 1 aliphatic heterocycles. The second-order valence-electron chi connectivity index (χ2n) is 4.97. The molecule has 0 saturated carbocycles. The third-order valence-electron chi connectivity index (χ3n) is 3.46. The fourth-order valence-electron chi connectivity index (χ4n) is 2.31. The van der Waals surface area contributed by atoms with Gasteiger partial charge in [0.2, 0.25) is 0 Å². The van der Waals surface area contributed by atoms with E-state index in [-0.39, 0.29) is 12.6 Å². The molecule has 0 radical (unpaired) electrons. The molecule has 1 aliphatic rings. The highest BCUT2D eigenvalue weighted by atomic mass is 16.6. The Bertz CT molecular complexity index is 609. The second kappa shape index (κ2) is 7.64. The van der Waals surface area contributed by atoms with Gasteiger partial charge in [0.15, 0.2) is 0 Å². The third kappa shape index (κ3) is 4.01. The zero-order chi connectivity index (χ0) is 16.8. The summed E-state index contributed by atoms with van der Waals surface area (Å²) in [4.78, 5) is 24.1. The van der Waals surface area contributed by atoms with Crippen molar-refractivity contribution in [2.45, 2.75) is 13.0 Å². The van der Waals surface area contributed by atoms with Gasteiger partial charge in [0.1, 0.15) is 12.4 Å². The lowest BCUT2D eigenvalue weighted by atomic mass is 9.95. The van der Waals surface area contributed by atoms with Crippen molar-refractivity contribution in [3.05, 3.63) is 41.1 Å². The average Bonchev–Trinajstić information content (AvgIpc) is 2.54. The molecule has 124 valence electrons. The fourth-order valence-corrected chi connectivity index (χ4v) is 2.31. The van der Waals surface area contributed by atoms with E-state index in [1.54, 1.807) is 38.3 Å². The van der Waals surface area contributed by atoms with E-state index < -0.39 is 12.0 Å². The molecular formula is C16H20N2O5. The summed E-state index contributed by atoms with van der Waals surface area (Å²) in [5, 5.41) is 5.34. The second-order valence-corrected chi connectivity index (χ2v) is 4.97. The summed E-state index contributed by atoms with van der Waals surface area (Å²) in [6.45, 7) is 2.13. The zero-order valence-corrected chi connectivity index (χ0v) is 13.3. The highest BCUT2D eigenvalue weighted by molar-refractivity contribution is 5.95. The molecule has 1 aromatic carbocycles. The van der Waals surface area contributed by atoms with Gasteiger partial charge in [-0.05, 0) is 24.6 Å². The highest BCUT2D eigenvalue weighted by Gasteiger charge is 2.32. The maximum Gasteiger partial charge on any atom is 0.338 e. The van der Waals surface area contributed by atoms with Crippen LogP contribution in [0, 0.1) is 0 Å². The van der Waals surface area contributed by atoms with E-state index >= 15 is 0 Å². The molecule has 1 atom stereocenters. The molecule has 1 aromatic rings. The number of nitrogens with one attached hydrogen (secondary N) is 2. The number of carbonyl (C=O) groups excluding carboxylic acids is 2. The van der Waals surface area contributed by atoms with E-state index in [0.29, 0.717) is 23.6 Å². The SMILES string of the molecule is COCCOC(=O)C1=C(C)NC(=O)NC1c1ccc(OC)cc1. The Morgan fingerprint density at radius 1 is 1.17 bits per heavy atom. The molecule has 7 heteroatoms. The van der Waals surface area contributed by atoms with Crippen molar-refractivity contribution in [1.82, 2.24) is 10.6 Å². The maximum atomic E-state index is 12.3. The molecule has 0 aromatic heterocycles. The molecule has 2 rings (SSSR count). The van der Waals surface area contributed by atoms with Gasteiger partial charge in [0.05, 0.1) is 25.3 Å². The van der Waals surface area contributed by atoms with Crippen LogP contribution in [0.15, 0.2) is 35.5 Å². The van der Waals surface area contributed by atoms with Crippen LogP contribution in [0.3, 0.4) is 0 Å². The van der Waals surface area contributed by atoms with Gasteiger partial charge in [0.25, 0.3) is 0 Å². The molecule has 7 nitrogen and oxygen atoms in total. The number of allylic oxidation sites excluding steroid dienone is 1. The van der Waals surface area contributed by atoms with Crippen LogP contribution in [0.2, 0.25) is 0 Å². The molecule has 23 heavy (non-hydrogen) atoms. The van der Waals surface area contributed by atoms with Gasteiger partial charge in [-0.1, -0.05) is 12.1 Å². The first-order valence-electron chi connectivity index (χ1n) is 7.15. The molecule has 2 amide bonds. The van der Waals surface area contributed by atoms with Crippen molar-refractivity contribution in [3.63, 3.8) is 0 Å². The molecule has 0 fully saturated rings. The number of benzene rings is 1. The van der Waals surface area contributed by atoms with Crippen LogP contribution in [-0.4, -0.2) is 39.4 Å². The summed E-state index contributed by atoms with van der Waals surface area (Å²) < 4.78 is 15.2. The van der Waals surface area contributed by atoms with E-state index in [0.717, 1.165) is 5.56 Å². The number of methoxy groups -OCH3 is 2. The Hall–Kier alpha value is -2.54. The van der Waals surface area contributed by atoms with Gasteiger partial charge in [-0.25, -0.2) is 9.59 Å². The van der Waals surface area contributed by atoms with Crippen LogP contribution in [-0.2, 0) is 14.3 Å². The standard InChI is InChI=1S/C16H20N2O5/c1-10-13(15(19)23-9-8-21-2)14(18-16(20)17-10)11-4-6-12(22-3)7-5-11/h4-7,14H,8-9H2,1-3H3,(H2,17,18,20). The molecule has 0 spiro atoms. The van der Waals surface area contributed by atoms with Crippen LogP contribution in [0.25, 0.3) is 0 Å². The Kier molecular flexibility index (Phi) is 5.59. The van der Waals surface area contributed by atoms with Crippen molar-refractivity contribution in [2.24, 2.45) is 0 Å². The molecule has 1 unspecified atom stereocenters. The summed E-state index contributed by atoms with van der Waals surface area (Å²) in [5.74, 6) is 0.201. The van der Waals surface area contributed by atoms with Crippen LogP contribution >= 0.6 is 0 Å². The number of esters is 1. The van der Waals surface area contributed by atoms with Crippen molar-refractivity contribution in [3.8, 4) is 5.75 Å². The van der Waals surface area contributed by atoms with E-state index in [1.807, 2.05) is 0 Å². The first kappa shape index (κ1) is 16.8. The normalized spacial score (nSPS) is 17.3. The van der Waals surface area contributed by atoms with E-state index in [1.165, 1.54) is 7.11 Å². The molecule has 1 heterocycles. The minimum absolute atomic E-state index is 0.148.